The molecule has 1 aromatic carbocycles. The molecule has 0 spiro atoms. The standard InChI is InChI=1S/C13H20N2/c1-4-12-5-7-13(8-6-12)11-15(3)10-9-14-2/h4-8,14H,1,9-11H2,2-3H3. The van der Waals surface area contributed by atoms with Gasteiger partial charge in [-0.1, -0.05) is 36.9 Å². The third-order valence-electron chi connectivity index (χ3n) is 2.41. The summed E-state index contributed by atoms with van der Waals surface area (Å²) in [6.07, 6.45) is 1.87. The Hall–Kier alpha value is -1.12. The third kappa shape index (κ3) is 4.28. The van der Waals surface area contributed by atoms with Crippen molar-refractivity contribution in [2.24, 2.45) is 0 Å². The lowest BCUT2D eigenvalue weighted by Crippen LogP contribution is -2.26. The highest BCUT2D eigenvalue weighted by molar-refractivity contribution is 5.47. The van der Waals surface area contributed by atoms with Crippen LogP contribution in [0.3, 0.4) is 0 Å². The highest BCUT2D eigenvalue weighted by Crippen LogP contribution is 2.07. The van der Waals surface area contributed by atoms with Crippen molar-refractivity contribution in [2.45, 2.75) is 6.54 Å². The van der Waals surface area contributed by atoms with E-state index in [4.69, 9.17) is 0 Å². The molecule has 0 aliphatic carbocycles. The van der Waals surface area contributed by atoms with Crippen molar-refractivity contribution in [3.05, 3.63) is 42.0 Å². The van der Waals surface area contributed by atoms with E-state index >= 15 is 0 Å². The molecule has 0 atom stereocenters. The SMILES string of the molecule is C=Cc1ccc(CN(C)CCNC)cc1. The lowest BCUT2D eigenvalue weighted by Gasteiger charge is -2.16. The van der Waals surface area contributed by atoms with Gasteiger partial charge in [-0.2, -0.15) is 0 Å². The largest absolute Gasteiger partial charge is 0.318 e. The third-order valence-corrected chi connectivity index (χ3v) is 2.41. The van der Waals surface area contributed by atoms with E-state index in [9.17, 15) is 0 Å². The van der Waals surface area contributed by atoms with Crippen molar-refractivity contribution >= 4 is 6.08 Å². The molecule has 1 aromatic rings. The summed E-state index contributed by atoms with van der Waals surface area (Å²) in [6, 6.07) is 8.53. The number of hydrogen-bond donors (Lipinski definition) is 1. The first kappa shape index (κ1) is 12.0. The summed E-state index contributed by atoms with van der Waals surface area (Å²) in [7, 11) is 4.12. The van der Waals surface area contributed by atoms with E-state index in [2.05, 4.69) is 48.1 Å². The molecule has 0 saturated heterocycles. The zero-order valence-electron chi connectivity index (χ0n) is 9.66. The number of benzene rings is 1. The number of hydrogen-bond acceptors (Lipinski definition) is 2. The van der Waals surface area contributed by atoms with Crippen LogP contribution >= 0.6 is 0 Å². The molecule has 2 heteroatoms. The van der Waals surface area contributed by atoms with E-state index < -0.39 is 0 Å². The second kappa shape index (κ2) is 6.38. The first-order valence-corrected chi connectivity index (χ1v) is 5.31. The van der Waals surface area contributed by atoms with Gasteiger partial charge < -0.3 is 10.2 Å². The summed E-state index contributed by atoms with van der Waals surface area (Å²) in [4.78, 5) is 2.30. The molecule has 0 saturated carbocycles. The molecule has 82 valence electrons. The van der Waals surface area contributed by atoms with Gasteiger partial charge in [0, 0.05) is 19.6 Å². The molecule has 15 heavy (non-hydrogen) atoms. The molecule has 0 aromatic heterocycles. The van der Waals surface area contributed by atoms with Crippen LogP contribution in [-0.2, 0) is 6.54 Å². The maximum atomic E-state index is 3.74. The minimum atomic E-state index is 0.999. The molecular weight excluding hydrogens is 184 g/mol. The van der Waals surface area contributed by atoms with Crippen molar-refractivity contribution in [3.8, 4) is 0 Å². The predicted molar refractivity (Wildman–Crippen MR) is 66.8 cm³/mol. The van der Waals surface area contributed by atoms with Gasteiger partial charge in [0.1, 0.15) is 0 Å². The van der Waals surface area contributed by atoms with Gasteiger partial charge in [-0.15, -0.1) is 0 Å². The summed E-state index contributed by atoms with van der Waals surface area (Å²) in [5, 5.41) is 3.15. The molecule has 0 amide bonds. The Morgan fingerprint density at radius 3 is 2.53 bits per heavy atom. The molecule has 0 aliphatic heterocycles. The second-order valence-electron chi connectivity index (χ2n) is 3.79. The van der Waals surface area contributed by atoms with Gasteiger partial charge in [0.25, 0.3) is 0 Å². The summed E-state index contributed by atoms with van der Waals surface area (Å²) < 4.78 is 0. The van der Waals surface area contributed by atoms with Crippen molar-refractivity contribution < 1.29 is 0 Å². The van der Waals surface area contributed by atoms with E-state index in [1.807, 2.05) is 13.1 Å². The lowest BCUT2D eigenvalue weighted by atomic mass is 10.1. The summed E-state index contributed by atoms with van der Waals surface area (Å²) in [5.74, 6) is 0. The Balaban J connectivity index is 2.45. The van der Waals surface area contributed by atoms with Crippen LogP contribution in [0.1, 0.15) is 11.1 Å². The molecule has 0 aliphatic rings. The molecular formula is C13H20N2. The van der Waals surface area contributed by atoms with Crippen LogP contribution in [0, 0.1) is 0 Å². The maximum Gasteiger partial charge on any atom is 0.0231 e. The molecule has 1 rings (SSSR count). The zero-order chi connectivity index (χ0) is 11.1. The molecule has 2 nitrogen and oxygen atoms in total. The van der Waals surface area contributed by atoms with E-state index in [1.165, 1.54) is 11.1 Å². The minimum Gasteiger partial charge on any atom is -0.318 e. The van der Waals surface area contributed by atoms with E-state index in [-0.39, 0.29) is 0 Å². The normalized spacial score (nSPS) is 10.6. The average Bonchev–Trinajstić information content (AvgIpc) is 2.27. The number of nitrogens with zero attached hydrogens (tertiary/aromatic N) is 1. The van der Waals surface area contributed by atoms with Crippen molar-refractivity contribution in [2.75, 3.05) is 27.2 Å². The predicted octanol–water partition coefficient (Wildman–Crippen LogP) is 1.98. The molecule has 0 radical (unpaired) electrons. The number of rotatable bonds is 6. The Labute approximate surface area is 92.6 Å². The number of likely N-dealkylation sites (N-methyl/N-ethyl adjacent to an activating group) is 2. The smallest absolute Gasteiger partial charge is 0.0231 e. The van der Waals surface area contributed by atoms with Crippen LogP contribution in [0.5, 0.6) is 0 Å². The molecule has 0 bridgehead atoms. The van der Waals surface area contributed by atoms with Gasteiger partial charge in [-0.25, -0.2) is 0 Å². The zero-order valence-corrected chi connectivity index (χ0v) is 9.66. The van der Waals surface area contributed by atoms with Gasteiger partial charge in [-0.3, -0.25) is 0 Å². The fourth-order valence-corrected chi connectivity index (χ4v) is 1.45. The Morgan fingerprint density at radius 2 is 2.00 bits per heavy atom. The van der Waals surface area contributed by atoms with E-state index in [0.717, 1.165) is 19.6 Å². The van der Waals surface area contributed by atoms with E-state index in [1.54, 1.807) is 0 Å². The van der Waals surface area contributed by atoms with Gasteiger partial charge in [0.15, 0.2) is 0 Å². The highest BCUT2D eigenvalue weighted by Gasteiger charge is 1.98. The van der Waals surface area contributed by atoms with Gasteiger partial charge in [0.2, 0.25) is 0 Å². The van der Waals surface area contributed by atoms with Gasteiger partial charge in [-0.05, 0) is 25.2 Å². The Kier molecular flexibility index (Phi) is 5.08. The molecule has 0 fully saturated rings. The number of nitrogens with one attached hydrogen (secondary N) is 1. The summed E-state index contributed by atoms with van der Waals surface area (Å²) in [5.41, 5.74) is 2.52. The van der Waals surface area contributed by atoms with Crippen molar-refractivity contribution in [1.82, 2.24) is 10.2 Å². The fourth-order valence-electron chi connectivity index (χ4n) is 1.45. The van der Waals surface area contributed by atoms with Crippen LogP contribution in [0.2, 0.25) is 0 Å². The topological polar surface area (TPSA) is 15.3 Å². The Bertz CT molecular complexity index is 290. The van der Waals surface area contributed by atoms with Crippen LogP contribution < -0.4 is 5.32 Å². The molecule has 0 heterocycles. The van der Waals surface area contributed by atoms with Gasteiger partial charge in [0.05, 0.1) is 0 Å². The van der Waals surface area contributed by atoms with E-state index in [0.29, 0.717) is 0 Å². The van der Waals surface area contributed by atoms with Gasteiger partial charge >= 0.3 is 0 Å². The van der Waals surface area contributed by atoms with Crippen LogP contribution in [0.15, 0.2) is 30.8 Å². The summed E-state index contributed by atoms with van der Waals surface area (Å²) in [6.45, 7) is 6.84. The first-order valence-electron chi connectivity index (χ1n) is 5.31. The maximum absolute atomic E-state index is 3.74. The summed E-state index contributed by atoms with van der Waals surface area (Å²) >= 11 is 0. The molecule has 1 N–H and O–H groups in total. The minimum absolute atomic E-state index is 0.999. The van der Waals surface area contributed by atoms with Crippen LogP contribution in [0.4, 0.5) is 0 Å². The lowest BCUT2D eigenvalue weighted by molar-refractivity contribution is 0.328. The van der Waals surface area contributed by atoms with Crippen molar-refractivity contribution in [3.63, 3.8) is 0 Å². The van der Waals surface area contributed by atoms with Crippen molar-refractivity contribution in [1.29, 1.82) is 0 Å². The molecule has 0 unspecified atom stereocenters. The van der Waals surface area contributed by atoms with Crippen LogP contribution in [-0.4, -0.2) is 32.1 Å². The second-order valence-corrected chi connectivity index (χ2v) is 3.79. The quantitative estimate of drug-likeness (QED) is 0.762. The van der Waals surface area contributed by atoms with Crippen LogP contribution in [0.25, 0.3) is 6.08 Å². The monoisotopic (exact) mass is 204 g/mol. The fraction of sp³-hybridized carbons (Fsp3) is 0.385. The highest BCUT2D eigenvalue weighted by atomic mass is 15.1. The first-order chi connectivity index (χ1) is 7.26. The Morgan fingerprint density at radius 1 is 1.33 bits per heavy atom. The average molecular weight is 204 g/mol.